The Morgan fingerprint density at radius 2 is 1.71 bits per heavy atom. The molecule has 0 bridgehead atoms. The Morgan fingerprint density at radius 1 is 1.04 bits per heavy atom. The molecule has 2 aromatic carbocycles. The highest BCUT2D eigenvalue weighted by molar-refractivity contribution is 5.75. The van der Waals surface area contributed by atoms with E-state index in [4.69, 9.17) is 9.47 Å². The number of benzene rings is 2. The number of para-hydroxylation sites is 2. The molecule has 0 heterocycles. The van der Waals surface area contributed by atoms with Gasteiger partial charge in [0.15, 0.2) is 11.5 Å². The van der Waals surface area contributed by atoms with E-state index < -0.39 is 0 Å². The molecule has 0 aliphatic heterocycles. The number of carbonyl (C=O) groups is 1. The van der Waals surface area contributed by atoms with Gasteiger partial charge in [-0.1, -0.05) is 30.3 Å². The molecule has 0 fully saturated rings. The molecule has 2 aromatic rings. The first kappa shape index (κ1) is 17.8. The Balaban J connectivity index is 1.69. The zero-order chi connectivity index (χ0) is 17.2. The summed E-state index contributed by atoms with van der Waals surface area (Å²) < 4.78 is 24.6. The quantitative estimate of drug-likeness (QED) is 0.713. The van der Waals surface area contributed by atoms with Crippen LogP contribution < -0.4 is 14.8 Å². The van der Waals surface area contributed by atoms with Gasteiger partial charge in [-0.15, -0.1) is 0 Å². The van der Waals surface area contributed by atoms with Crippen molar-refractivity contribution < 1.29 is 18.7 Å². The van der Waals surface area contributed by atoms with Gasteiger partial charge in [0.2, 0.25) is 5.91 Å². The summed E-state index contributed by atoms with van der Waals surface area (Å²) >= 11 is 0. The molecule has 2 rings (SSSR count). The van der Waals surface area contributed by atoms with Crippen molar-refractivity contribution in [2.45, 2.75) is 26.3 Å². The fourth-order valence-corrected chi connectivity index (χ4v) is 2.18. The summed E-state index contributed by atoms with van der Waals surface area (Å²) in [5.74, 6) is 0.934. The van der Waals surface area contributed by atoms with Crippen LogP contribution in [0.2, 0.25) is 0 Å². The maximum atomic E-state index is 13.5. The van der Waals surface area contributed by atoms with Crippen molar-refractivity contribution in [3.8, 4) is 11.5 Å². The third-order valence-electron chi connectivity index (χ3n) is 3.39. The van der Waals surface area contributed by atoms with Gasteiger partial charge in [-0.2, -0.15) is 0 Å². The van der Waals surface area contributed by atoms with Gasteiger partial charge in [-0.3, -0.25) is 4.79 Å². The van der Waals surface area contributed by atoms with E-state index in [0.717, 1.165) is 0 Å². The summed E-state index contributed by atoms with van der Waals surface area (Å²) in [5.41, 5.74) is 0.479. The molecule has 5 heteroatoms. The average molecular weight is 331 g/mol. The van der Waals surface area contributed by atoms with Crippen molar-refractivity contribution in [1.29, 1.82) is 0 Å². The molecular formula is C19H22FNO3. The summed E-state index contributed by atoms with van der Waals surface area (Å²) in [6, 6.07) is 13.8. The molecule has 0 aromatic heterocycles. The Labute approximate surface area is 141 Å². The van der Waals surface area contributed by atoms with E-state index in [9.17, 15) is 9.18 Å². The van der Waals surface area contributed by atoms with E-state index in [1.165, 1.54) is 6.07 Å². The molecule has 0 aliphatic rings. The number of ether oxygens (including phenoxy) is 2. The SMILES string of the molecule is CCOc1ccccc1OCCCC(=O)NCc1ccccc1F. The molecule has 0 unspecified atom stereocenters. The summed E-state index contributed by atoms with van der Waals surface area (Å²) in [4.78, 5) is 11.8. The van der Waals surface area contributed by atoms with Crippen molar-refractivity contribution in [3.63, 3.8) is 0 Å². The third-order valence-corrected chi connectivity index (χ3v) is 3.39. The predicted molar refractivity (Wildman–Crippen MR) is 90.6 cm³/mol. The van der Waals surface area contributed by atoms with Gasteiger partial charge in [0.05, 0.1) is 13.2 Å². The van der Waals surface area contributed by atoms with Gasteiger partial charge >= 0.3 is 0 Å². The number of amides is 1. The van der Waals surface area contributed by atoms with Crippen LogP contribution in [0, 0.1) is 5.82 Å². The number of halogens is 1. The molecule has 0 spiro atoms. The molecule has 24 heavy (non-hydrogen) atoms. The van der Waals surface area contributed by atoms with E-state index in [-0.39, 0.29) is 18.3 Å². The van der Waals surface area contributed by atoms with Crippen molar-refractivity contribution >= 4 is 5.91 Å². The summed E-state index contributed by atoms with van der Waals surface area (Å²) in [5, 5.41) is 2.71. The summed E-state index contributed by atoms with van der Waals surface area (Å²) in [6.45, 7) is 3.09. The van der Waals surface area contributed by atoms with Crippen molar-refractivity contribution in [1.82, 2.24) is 5.32 Å². The number of hydrogen-bond acceptors (Lipinski definition) is 3. The number of nitrogens with one attached hydrogen (secondary N) is 1. The van der Waals surface area contributed by atoms with Crippen LogP contribution >= 0.6 is 0 Å². The Morgan fingerprint density at radius 3 is 2.42 bits per heavy atom. The smallest absolute Gasteiger partial charge is 0.220 e. The van der Waals surface area contributed by atoms with Gasteiger partial charge < -0.3 is 14.8 Å². The molecule has 0 saturated carbocycles. The van der Waals surface area contributed by atoms with Crippen LogP contribution in [0.5, 0.6) is 11.5 Å². The number of carbonyl (C=O) groups excluding carboxylic acids is 1. The van der Waals surface area contributed by atoms with Crippen LogP contribution in [0.3, 0.4) is 0 Å². The van der Waals surface area contributed by atoms with Crippen LogP contribution in [0.1, 0.15) is 25.3 Å². The predicted octanol–water partition coefficient (Wildman–Crippen LogP) is 3.70. The van der Waals surface area contributed by atoms with Crippen molar-refractivity contribution in [2.75, 3.05) is 13.2 Å². The van der Waals surface area contributed by atoms with E-state index in [1.54, 1.807) is 18.2 Å². The lowest BCUT2D eigenvalue weighted by Crippen LogP contribution is -2.23. The first-order chi connectivity index (χ1) is 11.7. The standard InChI is InChI=1S/C19H22FNO3/c1-2-23-17-10-5-6-11-18(17)24-13-7-12-19(22)21-14-15-8-3-4-9-16(15)20/h3-6,8-11H,2,7,12-14H2,1H3,(H,21,22). The van der Waals surface area contributed by atoms with Crippen LogP contribution in [0.25, 0.3) is 0 Å². The largest absolute Gasteiger partial charge is 0.490 e. The van der Waals surface area contributed by atoms with Crippen molar-refractivity contribution in [2.24, 2.45) is 0 Å². The molecule has 1 amide bonds. The van der Waals surface area contributed by atoms with E-state index >= 15 is 0 Å². The highest BCUT2D eigenvalue weighted by Gasteiger charge is 2.06. The maximum absolute atomic E-state index is 13.5. The second-order valence-electron chi connectivity index (χ2n) is 5.20. The topological polar surface area (TPSA) is 47.6 Å². The highest BCUT2D eigenvalue weighted by atomic mass is 19.1. The van der Waals surface area contributed by atoms with Crippen LogP contribution in [0.15, 0.2) is 48.5 Å². The minimum Gasteiger partial charge on any atom is -0.490 e. The number of rotatable bonds is 9. The van der Waals surface area contributed by atoms with E-state index in [1.807, 2.05) is 31.2 Å². The molecule has 0 aliphatic carbocycles. The molecule has 1 N–H and O–H groups in total. The van der Waals surface area contributed by atoms with Crippen LogP contribution in [0.4, 0.5) is 4.39 Å². The van der Waals surface area contributed by atoms with Gasteiger partial charge in [-0.05, 0) is 31.5 Å². The van der Waals surface area contributed by atoms with Crippen LogP contribution in [-0.4, -0.2) is 19.1 Å². The van der Waals surface area contributed by atoms with Gasteiger partial charge in [0, 0.05) is 18.5 Å². The Kier molecular flexibility index (Phi) is 7.08. The lowest BCUT2D eigenvalue weighted by Gasteiger charge is -2.11. The zero-order valence-corrected chi connectivity index (χ0v) is 13.8. The Bertz CT molecular complexity index is 661. The first-order valence-electron chi connectivity index (χ1n) is 8.05. The first-order valence-corrected chi connectivity index (χ1v) is 8.05. The second kappa shape index (κ2) is 9.55. The van der Waals surface area contributed by atoms with Gasteiger partial charge in [-0.25, -0.2) is 4.39 Å². The van der Waals surface area contributed by atoms with Gasteiger partial charge in [0.25, 0.3) is 0 Å². The van der Waals surface area contributed by atoms with E-state index in [0.29, 0.717) is 43.1 Å². The molecule has 128 valence electrons. The molecule has 4 nitrogen and oxygen atoms in total. The summed E-state index contributed by atoms with van der Waals surface area (Å²) in [7, 11) is 0. The highest BCUT2D eigenvalue weighted by Crippen LogP contribution is 2.26. The normalized spacial score (nSPS) is 10.2. The fourth-order valence-electron chi connectivity index (χ4n) is 2.18. The van der Waals surface area contributed by atoms with Crippen LogP contribution in [-0.2, 0) is 11.3 Å². The minimum absolute atomic E-state index is 0.125. The zero-order valence-electron chi connectivity index (χ0n) is 13.8. The lowest BCUT2D eigenvalue weighted by molar-refractivity contribution is -0.121. The average Bonchev–Trinajstić information content (AvgIpc) is 2.59. The fraction of sp³-hybridized carbons (Fsp3) is 0.316. The second-order valence-corrected chi connectivity index (χ2v) is 5.20. The van der Waals surface area contributed by atoms with Gasteiger partial charge in [0.1, 0.15) is 5.82 Å². The molecular weight excluding hydrogens is 309 g/mol. The Hall–Kier alpha value is -2.56. The number of hydrogen-bond donors (Lipinski definition) is 1. The molecule has 0 atom stereocenters. The summed E-state index contributed by atoms with van der Waals surface area (Å²) in [6.07, 6.45) is 0.898. The lowest BCUT2D eigenvalue weighted by atomic mass is 10.2. The third kappa shape index (κ3) is 5.57. The molecule has 0 radical (unpaired) electrons. The molecule has 0 saturated heterocycles. The monoisotopic (exact) mass is 331 g/mol. The minimum atomic E-state index is -0.311. The van der Waals surface area contributed by atoms with E-state index in [2.05, 4.69) is 5.32 Å². The maximum Gasteiger partial charge on any atom is 0.220 e. The van der Waals surface area contributed by atoms with Crippen molar-refractivity contribution in [3.05, 3.63) is 59.9 Å².